The minimum absolute atomic E-state index is 0.388. The summed E-state index contributed by atoms with van der Waals surface area (Å²) >= 11 is 0. The first-order valence-electron chi connectivity index (χ1n) is 4.95. The van der Waals surface area contributed by atoms with E-state index in [2.05, 4.69) is 17.2 Å². The van der Waals surface area contributed by atoms with Crippen LogP contribution in [-0.2, 0) is 6.42 Å². The maximum atomic E-state index is 5.32. The summed E-state index contributed by atoms with van der Waals surface area (Å²) < 4.78 is 10.5. The maximum Gasteiger partial charge on any atom is 0.262 e. The normalized spacial score (nSPS) is 12.9. The molecule has 2 rings (SSSR count). The number of hydrogen-bond donors (Lipinski definition) is 1. The molecule has 0 aliphatic rings. The lowest BCUT2D eigenvalue weighted by Gasteiger charge is -2.05. The van der Waals surface area contributed by atoms with Crippen LogP contribution in [0.2, 0.25) is 0 Å². The molecule has 0 aliphatic heterocycles. The molecular formula is C11H14N2O2. The second kappa shape index (κ2) is 4.31. The average Bonchev–Trinajstić information content (AvgIpc) is 2.85. The van der Waals surface area contributed by atoms with Crippen LogP contribution in [0.15, 0.2) is 33.5 Å². The number of furan rings is 1. The molecule has 0 amide bonds. The van der Waals surface area contributed by atoms with Gasteiger partial charge >= 0.3 is 0 Å². The van der Waals surface area contributed by atoms with Gasteiger partial charge in [-0.05, 0) is 26.1 Å². The Morgan fingerprint density at radius 2 is 2.33 bits per heavy atom. The highest BCUT2D eigenvalue weighted by molar-refractivity contribution is 5.43. The van der Waals surface area contributed by atoms with Gasteiger partial charge in [-0.2, -0.15) is 0 Å². The van der Waals surface area contributed by atoms with Gasteiger partial charge in [0.05, 0.1) is 12.0 Å². The third kappa shape index (κ3) is 2.27. The number of nitrogens with zero attached hydrogens (tertiary/aromatic N) is 1. The molecular weight excluding hydrogens is 192 g/mol. The first kappa shape index (κ1) is 9.98. The number of nitrogens with one attached hydrogen (secondary N) is 1. The van der Waals surface area contributed by atoms with Crippen molar-refractivity contribution in [3.63, 3.8) is 0 Å². The molecule has 0 aromatic carbocycles. The molecule has 1 atom stereocenters. The van der Waals surface area contributed by atoms with Gasteiger partial charge in [0.15, 0.2) is 5.76 Å². The molecule has 0 saturated heterocycles. The zero-order valence-corrected chi connectivity index (χ0v) is 8.86. The third-order valence-electron chi connectivity index (χ3n) is 2.29. The number of likely N-dealkylation sites (N-methyl/N-ethyl adjacent to an activating group) is 1. The SMILES string of the molecule is CNC(C)Cc1coc(-c2ccco2)n1. The van der Waals surface area contributed by atoms with Crippen LogP contribution in [0.25, 0.3) is 11.7 Å². The fourth-order valence-electron chi connectivity index (χ4n) is 1.33. The number of aromatic nitrogens is 1. The maximum absolute atomic E-state index is 5.32. The summed E-state index contributed by atoms with van der Waals surface area (Å²) in [6, 6.07) is 4.03. The molecule has 0 fully saturated rings. The van der Waals surface area contributed by atoms with E-state index in [0.29, 0.717) is 17.7 Å². The zero-order valence-electron chi connectivity index (χ0n) is 8.86. The third-order valence-corrected chi connectivity index (χ3v) is 2.29. The van der Waals surface area contributed by atoms with Crippen LogP contribution in [0, 0.1) is 0 Å². The summed E-state index contributed by atoms with van der Waals surface area (Å²) in [5.74, 6) is 1.21. The number of hydrogen-bond acceptors (Lipinski definition) is 4. The summed E-state index contributed by atoms with van der Waals surface area (Å²) in [5.41, 5.74) is 0.934. The van der Waals surface area contributed by atoms with Crippen molar-refractivity contribution >= 4 is 0 Å². The van der Waals surface area contributed by atoms with E-state index in [1.54, 1.807) is 12.5 Å². The van der Waals surface area contributed by atoms with Gasteiger partial charge in [-0.1, -0.05) is 0 Å². The average molecular weight is 206 g/mol. The van der Waals surface area contributed by atoms with E-state index in [0.717, 1.165) is 12.1 Å². The van der Waals surface area contributed by atoms with Gasteiger partial charge in [-0.15, -0.1) is 0 Å². The monoisotopic (exact) mass is 206 g/mol. The molecule has 0 aliphatic carbocycles. The van der Waals surface area contributed by atoms with Gasteiger partial charge in [-0.25, -0.2) is 4.98 Å². The molecule has 0 radical (unpaired) electrons. The van der Waals surface area contributed by atoms with Crippen LogP contribution in [0.1, 0.15) is 12.6 Å². The van der Waals surface area contributed by atoms with Gasteiger partial charge in [-0.3, -0.25) is 0 Å². The standard InChI is InChI=1S/C11H14N2O2/c1-8(12-2)6-9-7-15-11(13-9)10-4-3-5-14-10/h3-5,7-8,12H,6H2,1-2H3. The summed E-state index contributed by atoms with van der Waals surface area (Å²) in [7, 11) is 1.93. The van der Waals surface area contributed by atoms with Gasteiger partial charge in [0.2, 0.25) is 0 Å². The molecule has 4 nitrogen and oxygen atoms in total. The van der Waals surface area contributed by atoms with Crippen LogP contribution in [0.4, 0.5) is 0 Å². The van der Waals surface area contributed by atoms with E-state index < -0.39 is 0 Å². The van der Waals surface area contributed by atoms with E-state index in [9.17, 15) is 0 Å². The zero-order chi connectivity index (χ0) is 10.7. The predicted molar refractivity (Wildman–Crippen MR) is 56.4 cm³/mol. The number of oxazole rings is 1. The van der Waals surface area contributed by atoms with E-state index in [4.69, 9.17) is 8.83 Å². The van der Waals surface area contributed by atoms with Crippen molar-refractivity contribution < 1.29 is 8.83 Å². The Kier molecular flexibility index (Phi) is 2.87. The number of rotatable bonds is 4. The van der Waals surface area contributed by atoms with Gasteiger partial charge < -0.3 is 14.2 Å². The Bertz CT molecular complexity index is 406. The Hall–Kier alpha value is -1.55. The van der Waals surface area contributed by atoms with E-state index >= 15 is 0 Å². The summed E-state index contributed by atoms with van der Waals surface area (Å²) in [4.78, 5) is 4.34. The van der Waals surface area contributed by atoms with Crippen molar-refractivity contribution in [2.75, 3.05) is 7.05 Å². The van der Waals surface area contributed by atoms with Crippen molar-refractivity contribution in [2.24, 2.45) is 0 Å². The lowest BCUT2D eigenvalue weighted by Crippen LogP contribution is -2.23. The minimum Gasteiger partial charge on any atom is -0.459 e. The van der Waals surface area contributed by atoms with E-state index in [-0.39, 0.29) is 0 Å². The van der Waals surface area contributed by atoms with Crippen LogP contribution < -0.4 is 5.32 Å². The highest BCUT2D eigenvalue weighted by atomic mass is 16.4. The highest BCUT2D eigenvalue weighted by Crippen LogP contribution is 2.19. The first-order valence-corrected chi connectivity index (χ1v) is 4.95. The molecule has 1 N–H and O–H groups in total. The van der Waals surface area contributed by atoms with Crippen molar-refractivity contribution in [3.8, 4) is 11.7 Å². The molecule has 2 aromatic rings. The van der Waals surface area contributed by atoms with E-state index in [1.807, 2.05) is 19.2 Å². The fraction of sp³-hybridized carbons (Fsp3) is 0.364. The molecule has 1 unspecified atom stereocenters. The van der Waals surface area contributed by atoms with Gasteiger partial charge in [0, 0.05) is 12.5 Å². The molecule has 4 heteroatoms. The van der Waals surface area contributed by atoms with Crippen LogP contribution in [0.3, 0.4) is 0 Å². The lowest BCUT2D eigenvalue weighted by atomic mass is 10.2. The largest absolute Gasteiger partial charge is 0.459 e. The highest BCUT2D eigenvalue weighted by Gasteiger charge is 2.10. The summed E-state index contributed by atoms with van der Waals surface area (Å²) in [6.07, 6.45) is 4.13. The minimum atomic E-state index is 0.388. The van der Waals surface area contributed by atoms with Gasteiger partial charge in [0.1, 0.15) is 6.26 Å². The lowest BCUT2D eigenvalue weighted by molar-refractivity contribution is 0.516. The second-order valence-electron chi connectivity index (χ2n) is 3.52. The van der Waals surface area contributed by atoms with Crippen molar-refractivity contribution in [1.82, 2.24) is 10.3 Å². The smallest absolute Gasteiger partial charge is 0.262 e. The molecule has 2 heterocycles. The first-order chi connectivity index (χ1) is 7.29. The van der Waals surface area contributed by atoms with Crippen LogP contribution in [0.5, 0.6) is 0 Å². The Labute approximate surface area is 88.3 Å². The predicted octanol–water partition coefficient (Wildman–Crippen LogP) is 2.08. The fourth-order valence-corrected chi connectivity index (χ4v) is 1.33. The van der Waals surface area contributed by atoms with Crippen molar-refractivity contribution in [2.45, 2.75) is 19.4 Å². The van der Waals surface area contributed by atoms with E-state index in [1.165, 1.54) is 0 Å². The molecule has 15 heavy (non-hydrogen) atoms. The summed E-state index contributed by atoms with van der Waals surface area (Å²) in [5, 5.41) is 3.15. The second-order valence-corrected chi connectivity index (χ2v) is 3.52. The molecule has 0 spiro atoms. The van der Waals surface area contributed by atoms with Crippen molar-refractivity contribution in [3.05, 3.63) is 30.4 Å². The van der Waals surface area contributed by atoms with Crippen LogP contribution in [-0.4, -0.2) is 18.1 Å². The summed E-state index contributed by atoms with van der Waals surface area (Å²) in [6.45, 7) is 2.10. The molecule has 0 bridgehead atoms. The quantitative estimate of drug-likeness (QED) is 0.832. The molecule has 80 valence electrons. The molecule has 2 aromatic heterocycles. The Morgan fingerprint density at radius 1 is 1.47 bits per heavy atom. The topological polar surface area (TPSA) is 51.2 Å². The van der Waals surface area contributed by atoms with Gasteiger partial charge in [0.25, 0.3) is 5.89 Å². The van der Waals surface area contributed by atoms with Crippen molar-refractivity contribution in [1.29, 1.82) is 0 Å². The Balaban J connectivity index is 2.11. The Morgan fingerprint density at radius 3 is 3.00 bits per heavy atom. The van der Waals surface area contributed by atoms with Crippen LogP contribution >= 0.6 is 0 Å². The molecule has 0 saturated carbocycles.